The van der Waals surface area contributed by atoms with Gasteiger partial charge in [-0.2, -0.15) is 0 Å². The Balaban J connectivity index is 0.00000220. The average Bonchev–Trinajstić information content (AvgIpc) is 2.92. The van der Waals surface area contributed by atoms with Crippen molar-refractivity contribution in [2.75, 3.05) is 19.6 Å². The summed E-state index contributed by atoms with van der Waals surface area (Å²) in [6, 6.07) is 7.18. The Hall–Kier alpha value is -1.11. The normalized spacial score (nSPS) is 17.2. The Morgan fingerprint density at radius 3 is 2.86 bits per heavy atom. The topological polar surface area (TPSA) is 75.4 Å². The highest BCUT2D eigenvalue weighted by Crippen LogP contribution is 2.16. The third-order valence-electron chi connectivity index (χ3n) is 3.46. The van der Waals surface area contributed by atoms with Crippen LogP contribution in [-0.4, -0.2) is 42.4 Å². The zero-order valence-corrected chi connectivity index (χ0v) is 14.0. The van der Waals surface area contributed by atoms with Crippen molar-refractivity contribution < 1.29 is 9.59 Å². The Labute approximate surface area is 138 Å². The molecule has 116 valence electrons. The van der Waals surface area contributed by atoms with E-state index in [1.54, 1.807) is 23.1 Å². The maximum Gasteiger partial charge on any atom is 0.251 e. The van der Waals surface area contributed by atoms with E-state index in [1.807, 2.05) is 6.07 Å². The van der Waals surface area contributed by atoms with Crippen molar-refractivity contribution in [2.45, 2.75) is 18.9 Å². The van der Waals surface area contributed by atoms with Crippen molar-refractivity contribution >= 4 is 40.2 Å². The average molecular weight is 377 g/mol. The fourth-order valence-corrected chi connectivity index (χ4v) is 2.80. The van der Waals surface area contributed by atoms with Crippen molar-refractivity contribution in [3.05, 3.63) is 34.3 Å². The number of carbonyl (C=O) groups excluding carboxylic acids is 2. The van der Waals surface area contributed by atoms with Crippen LogP contribution in [0.1, 0.15) is 23.2 Å². The molecule has 0 saturated carbocycles. The predicted molar refractivity (Wildman–Crippen MR) is 87.5 cm³/mol. The molecule has 2 rings (SSSR count). The summed E-state index contributed by atoms with van der Waals surface area (Å²) < 4.78 is 0.833. The highest BCUT2D eigenvalue weighted by atomic mass is 79.9. The number of nitrogens with zero attached hydrogens (tertiary/aromatic N) is 1. The number of rotatable bonds is 4. The Kier molecular flexibility index (Phi) is 7.14. The van der Waals surface area contributed by atoms with Gasteiger partial charge in [0.05, 0.1) is 6.54 Å². The van der Waals surface area contributed by atoms with Gasteiger partial charge in [0.1, 0.15) is 0 Å². The minimum Gasteiger partial charge on any atom is -0.343 e. The first-order chi connectivity index (χ1) is 9.61. The number of likely N-dealkylation sites (tertiary alicyclic amines) is 1. The third-order valence-corrected chi connectivity index (χ3v) is 3.95. The monoisotopic (exact) mass is 375 g/mol. The zero-order chi connectivity index (χ0) is 14.5. The van der Waals surface area contributed by atoms with Crippen LogP contribution in [0.15, 0.2) is 28.7 Å². The van der Waals surface area contributed by atoms with Crippen LogP contribution >= 0.6 is 28.3 Å². The van der Waals surface area contributed by atoms with Crippen LogP contribution in [0.5, 0.6) is 0 Å². The summed E-state index contributed by atoms with van der Waals surface area (Å²) >= 11 is 3.31. The van der Waals surface area contributed by atoms with E-state index in [-0.39, 0.29) is 36.8 Å². The third kappa shape index (κ3) is 4.69. The molecule has 1 aliphatic heterocycles. The molecule has 0 aromatic heterocycles. The largest absolute Gasteiger partial charge is 0.343 e. The lowest BCUT2D eigenvalue weighted by atomic mass is 10.2. The second kappa shape index (κ2) is 8.36. The molecule has 1 fully saturated rings. The lowest BCUT2D eigenvalue weighted by Gasteiger charge is -2.23. The van der Waals surface area contributed by atoms with Gasteiger partial charge in [-0.3, -0.25) is 9.59 Å². The molecule has 1 aromatic rings. The molecule has 0 bridgehead atoms. The smallest absolute Gasteiger partial charge is 0.251 e. The first-order valence-corrected chi connectivity index (χ1v) is 7.44. The number of benzene rings is 1. The summed E-state index contributed by atoms with van der Waals surface area (Å²) in [4.78, 5) is 25.8. The zero-order valence-electron chi connectivity index (χ0n) is 11.5. The lowest BCUT2D eigenvalue weighted by Crippen LogP contribution is -2.45. The second-order valence-corrected chi connectivity index (χ2v) is 5.73. The quantitative estimate of drug-likeness (QED) is 0.837. The molecule has 0 radical (unpaired) electrons. The van der Waals surface area contributed by atoms with Crippen LogP contribution in [0.3, 0.4) is 0 Å². The van der Waals surface area contributed by atoms with Gasteiger partial charge in [0.25, 0.3) is 5.91 Å². The van der Waals surface area contributed by atoms with Crippen LogP contribution < -0.4 is 11.1 Å². The highest BCUT2D eigenvalue weighted by Gasteiger charge is 2.27. The summed E-state index contributed by atoms with van der Waals surface area (Å²) in [7, 11) is 0. The standard InChI is InChI=1S/C14H18BrN3O2.ClH/c15-11-4-1-3-10(7-11)14(20)17-9-13(19)18-6-2-5-12(18)8-16;/h1,3-4,7,12H,2,5-6,8-9,16H2,(H,17,20);1H. The summed E-state index contributed by atoms with van der Waals surface area (Å²) in [5.74, 6) is -0.315. The molecule has 3 N–H and O–H groups in total. The minimum atomic E-state index is -0.247. The van der Waals surface area contributed by atoms with Crippen LogP contribution in [0.2, 0.25) is 0 Å². The summed E-state index contributed by atoms with van der Waals surface area (Å²) in [6.07, 6.45) is 1.93. The van der Waals surface area contributed by atoms with Gasteiger partial charge in [-0.25, -0.2) is 0 Å². The molecule has 7 heteroatoms. The molecule has 5 nitrogen and oxygen atoms in total. The van der Waals surface area contributed by atoms with Gasteiger partial charge >= 0.3 is 0 Å². The van der Waals surface area contributed by atoms with Crippen molar-refractivity contribution in [1.82, 2.24) is 10.2 Å². The second-order valence-electron chi connectivity index (χ2n) is 4.81. The molecule has 1 unspecified atom stereocenters. The fourth-order valence-electron chi connectivity index (χ4n) is 2.40. The summed E-state index contributed by atoms with van der Waals surface area (Å²) in [6.45, 7) is 1.22. The summed E-state index contributed by atoms with van der Waals surface area (Å²) in [5, 5.41) is 2.66. The minimum absolute atomic E-state index is 0. The van der Waals surface area contributed by atoms with Gasteiger partial charge in [0.15, 0.2) is 0 Å². The van der Waals surface area contributed by atoms with Crippen LogP contribution in [-0.2, 0) is 4.79 Å². The van der Waals surface area contributed by atoms with E-state index >= 15 is 0 Å². The molecule has 1 heterocycles. The van der Waals surface area contributed by atoms with Gasteiger partial charge in [0.2, 0.25) is 5.91 Å². The van der Waals surface area contributed by atoms with E-state index in [0.717, 1.165) is 23.9 Å². The van der Waals surface area contributed by atoms with Gasteiger partial charge in [-0.15, -0.1) is 12.4 Å². The molecule has 0 spiro atoms. The van der Waals surface area contributed by atoms with Gasteiger partial charge in [-0.1, -0.05) is 22.0 Å². The molecule has 1 aromatic carbocycles. The van der Waals surface area contributed by atoms with Gasteiger partial charge in [0, 0.05) is 29.2 Å². The highest BCUT2D eigenvalue weighted by molar-refractivity contribution is 9.10. The number of carbonyl (C=O) groups is 2. The van der Waals surface area contributed by atoms with E-state index in [0.29, 0.717) is 12.1 Å². The van der Waals surface area contributed by atoms with E-state index < -0.39 is 0 Å². The molecule has 2 amide bonds. The SMILES string of the molecule is Cl.NCC1CCCN1C(=O)CNC(=O)c1cccc(Br)c1. The number of hydrogen-bond acceptors (Lipinski definition) is 3. The van der Waals surface area contributed by atoms with Crippen molar-refractivity contribution in [3.8, 4) is 0 Å². The predicted octanol–water partition coefficient (Wildman–Crippen LogP) is 1.55. The van der Waals surface area contributed by atoms with Crippen LogP contribution in [0, 0.1) is 0 Å². The van der Waals surface area contributed by atoms with E-state index in [4.69, 9.17) is 5.73 Å². The maximum atomic E-state index is 12.1. The van der Waals surface area contributed by atoms with Crippen LogP contribution in [0.25, 0.3) is 0 Å². The van der Waals surface area contributed by atoms with Gasteiger partial charge < -0.3 is 16.0 Å². The number of amides is 2. The van der Waals surface area contributed by atoms with Crippen molar-refractivity contribution in [1.29, 1.82) is 0 Å². The fraction of sp³-hybridized carbons (Fsp3) is 0.429. The number of hydrogen-bond donors (Lipinski definition) is 2. The molecule has 1 saturated heterocycles. The number of halogens is 2. The van der Waals surface area contributed by atoms with Crippen LogP contribution in [0.4, 0.5) is 0 Å². The molecule has 0 aliphatic carbocycles. The van der Waals surface area contributed by atoms with E-state index in [1.165, 1.54) is 0 Å². The Bertz CT molecular complexity index is 513. The van der Waals surface area contributed by atoms with E-state index in [9.17, 15) is 9.59 Å². The van der Waals surface area contributed by atoms with E-state index in [2.05, 4.69) is 21.2 Å². The van der Waals surface area contributed by atoms with Gasteiger partial charge in [-0.05, 0) is 31.0 Å². The maximum absolute atomic E-state index is 12.1. The molecule has 1 atom stereocenters. The Morgan fingerprint density at radius 1 is 1.43 bits per heavy atom. The Morgan fingerprint density at radius 2 is 2.19 bits per heavy atom. The summed E-state index contributed by atoms with van der Waals surface area (Å²) in [5.41, 5.74) is 6.17. The van der Waals surface area contributed by atoms with Crippen molar-refractivity contribution in [2.24, 2.45) is 5.73 Å². The number of nitrogens with two attached hydrogens (primary N) is 1. The molecule has 1 aliphatic rings. The number of nitrogens with one attached hydrogen (secondary N) is 1. The molecular formula is C14H19BrClN3O2. The first-order valence-electron chi connectivity index (χ1n) is 6.65. The van der Waals surface area contributed by atoms with Crippen molar-refractivity contribution in [3.63, 3.8) is 0 Å². The lowest BCUT2D eigenvalue weighted by molar-refractivity contribution is -0.130. The first kappa shape index (κ1) is 17.9. The molecule has 21 heavy (non-hydrogen) atoms. The molecular weight excluding hydrogens is 358 g/mol.